The summed E-state index contributed by atoms with van der Waals surface area (Å²) in [5.74, 6) is -0.361. The average Bonchev–Trinajstić information content (AvgIpc) is 2.59. The Kier molecular flexibility index (Phi) is 4.30. The lowest BCUT2D eigenvalue weighted by Gasteiger charge is -2.23. The summed E-state index contributed by atoms with van der Waals surface area (Å²) in [6.07, 6.45) is 0. The predicted octanol–water partition coefficient (Wildman–Crippen LogP) is 1.08. The summed E-state index contributed by atoms with van der Waals surface area (Å²) >= 11 is 1.07. The van der Waals surface area contributed by atoms with E-state index in [1.54, 1.807) is 20.8 Å². The molecular formula is C10H17N3O3S. The second kappa shape index (κ2) is 5.33. The molecule has 1 heterocycles. The number of aliphatic hydroxyl groups excluding tert-OH is 1. The maximum absolute atomic E-state index is 11.7. The fourth-order valence-electron chi connectivity index (χ4n) is 1.14. The Morgan fingerprint density at radius 1 is 1.65 bits per heavy atom. The van der Waals surface area contributed by atoms with Crippen molar-refractivity contribution in [2.45, 2.75) is 26.3 Å². The van der Waals surface area contributed by atoms with Crippen molar-refractivity contribution in [3.05, 3.63) is 5.56 Å². The third-order valence-corrected chi connectivity index (χ3v) is 2.82. The van der Waals surface area contributed by atoms with Crippen LogP contribution in [0.5, 0.6) is 0 Å². The molecule has 0 aromatic carbocycles. The molecule has 0 aliphatic rings. The normalized spacial score (nSPS) is 11.3. The second-order valence-corrected chi connectivity index (χ2v) is 4.93. The molecule has 0 atom stereocenters. The first-order valence-electron chi connectivity index (χ1n) is 5.22. The minimum absolute atomic E-state index is 0.0763. The highest BCUT2D eigenvalue weighted by Gasteiger charge is 2.25. The van der Waals surface area contributed by atoms with Gasteiger partial charge in [-0.05, 0) is 32.3 Å². The Labute approximate surface area is 104 Å². The van der Waals surface area contributed by atoms with Gasteiger partial charge in [-0.3, -0.25) is 0 Å². The molecule has 0 spiro atoms. The number of rotatable bonds is 5. The van der Waals surface area contributed by atoms with Gasteiger partial charge in [0.05, 0.1) is 18.8 Å². The molecule has 1 aromatic heterocycles. The lowest BCUT2D eigenvalue weighted by Crippen LogP contribution is -2.35. The van der Waals surface area contributed by atoms with E-state index in [4.69, 9.17) is 15.6 Å². The topological polar surface area (TPSA) is 97.5 Å². The predicted molar refractivity (Wildman–Crippen MR) is 67.3 cm³/mol. The van der Waals surface area contributed by atoms with Crippen LogP contribution in [-0.4, -0.2) is 34.2 Å². The van der Waals surface area contributed by atoms with E-state index in [9.17, 15) is 4.79 Å². The van der Waals surface area contributed by atoms with Crippen molar-refractivity contribution >= 4 is 28.3 Å². The van der Waals surface area contributed by atoms with Crippen LogP contribution in [0.15, 0.2) is 0 Å². The van der Waals surface area contributed by atoms with Gasteiger partial charge < -0.3 is 20.9 Å². The van der Waals surface area contributed by atoms with Crippen LogP contribution in [0, 0.1) is 0 Å². The zero-order valence-corrected chi connectivity index (χ0v) is 10.9. The van der Waals surface area contributed by atoms with Crippen molar-refractivity contribution in [2.24, 2.45) is 0 Å². The van der Waals surface area contributed by atoms with E-state index in [2.05, 4.69) is 9.69 Å². The van der Waals surface area contributed by atoms with E-state index in [0.717, 1.165) is 11.5 Å². The Morgan fingerprint density at radius 2 is 2.29 bits per heavy atom. The van der Waals surface area contributed by atoms with Crippen LogP contribution < -0.4 is 11.1 Å². The highest BCUT2D eigenvalue weighted by atomic mass is 32.1. The lowest BCUT2D eigenvalue weighted by molar-refractivity contribution is 0.0529. The summed E-state index contributed by atoms with van der Waals surface area (Å²) in [4.78, 5) is 11.7. The van der Waals surface area contributed by atoms with Crippen molar-refractivity contribution in [1.29, 1.82) is 0 Å². The van der Waals surface area contributed by atoms with Crippen LogP contribution in [0.2, 0.25) is 0 Å². The molecule has 0 unspecified atom stereocenters. The van der Waals surface area contributed by atoms with Gasteiger partial charge in [-0.1, -0.05) is 0 Å². The van der Waals surface area contributed by atoms with Crippen molar-refractivity contribution in [2.75, 3.05) is 24.3 Å². The SMILES string of the molecule is CCOC(=O)c1c(N)nsc1NC(C)(C)CO. The van der Waals surface area contributed by atoms with Crippen LogP contribution in [0.4, 0.5) is 10.8 Å². The second-order valence-electron chi connectivity index (χ2n) is 4.16. The monoisotopic (exact) mass is 259 g/mol. The fraction of sp³-hybridized carbons (Fsp3) is 0.600. The highest BCUT2D eigenvalue weighted by molar-refractivity contribution is 7.11. The van der Waals surface area contributed by atoms with Gasteiger partial charge in [-0.25, -0.2) is 4.79 Å². The van der Waals surface area contributed by atoms with Crippen LogP contribution in [0.25, 0.3) is 0 Å². The Balaban J connectivity index is 2.98. The number of aromatic nitrogens is 1. The van der Waals surface area contributed by atoms with Crippen molar-refractivity contribution in [1.82, 2.24) is 4.37 Å². The molecule has 0 radical (unpaired) electrons. The van der Waals surface area contributed by atoms with E-state index >= 15 is 0 Å². The van der Waals surface area contributed by atoms with Gasteiger partial charge in [-0.2, -0.15) is 4.37 Å². The maximum atomic E-state index is 11.7. The molecule has 0 fully saturated rings. The van der Waals surface area contributed by atoms with Gasteiger partial charge in [0.2, 0.25) is 0 Å². The summed E-state index contributed by atoms with van der Waals surface area (Å²) < 4.78 is 8.81. The molecule has 0 aliphatic carbocycles. The Morgan fingerprint density at radius 3 is 2.82 bits per heavy atom. The van der Waals surface area contributed by atoms with Gasteiger partial charge in [0.25, 0.3) is 0 Å². The van der Waals surface area contributed by atoms with Crippen LogP contribution >= 0.6 is 11.5 Å². The molecule has 1 rings (SSSR count). The van der Waals surface area contributed by atoms with Crippen molar-refractivity contribution < 1.29 is 14.6 Å². The first kappa shape index (κ1) is 13.7. The third-order valence-electron chi connectivity index (χ3n) is 2.05. The maximum Gasteiger partial charge on any atom is 0.344 e. The summed E-state index contributed by atoms with van der Waals surface area (Å²) in [6.45, 7) is 5.53. The summed E-state index contributed by atoms with van der Waals surface area (Å²) in [6, 6.07) is 0. The number of nitrogens with zero attached hydrogens (tertiary/aromatic N) is 1. The van der Waals surface area contributed by atoms with E-state index in [0.29, 0.717) is 5.00 Å². The molecular weight excluding hydrogens is 242 g/mol. The fourth-order valence-corrected chi connectivity index (χ4v) is 2.02. The van der Waals surface area contributed by atoms with Gasteiger partial charge >= 0.3 is 5.97 Å². The molecule has 0 amide bonds. The van der Waals surface area contributed by atoms with Crippen molar-refractivity contribution in [3.63, 3.8) is 0 Å². The number of nitrogens with two attached hydrogens (primary N) is 1. The van der Waals surface area contributed by atoms with Gasteiger partial charge in [0.15, 0.2) is 5.82 Å². The third kappa shape index (κ3) is 3.31. The Hall–Kier alpha value is -1.34. The largest absolute Gasteiger partial charge is 0.462 e. The quantitative estimate of drug-likeness (QED) is 0.685. The molecule has 6 nitrogen and oxygen atoms in total. The number of nitrogen functional groups attached to an aromatic ring is 1. The number of carbonyl (C=O) groups excluding carboxylic acids is 1. The molecule has 17 heavy (non-hydrogen) atoms. The molecule has 0 saturated heterocycles. The van der Waals surface area contributed by atoms with E-state index in [1.165, 1.54) is 0 Å². The number of aliphatic hydroxyl groups is 1. The summed E-state index contributed by atoms with van der Waals surface area (Å²) in [5.41, 5.74) is 5.31. The first-order valence-corrected chi connectivity index (χ1v) is 6.00. The highest BCUT2D eigenvalue weighted by Crippen LogP contribution is 2.29. The summed E-state index contributed by atoms with van der Waals surface area (Å²) in [5, 5.41) is 12.7. The molecule has 7 heteroatoms. The van der Waals surface area contributed by atoms with Gasteiger partial charge in [0, 0.05) is 0 Å². The molecule has 4 N–H and O–H groups in total. The summed E-state index contributed by atoms with van der Waals surface area (Å²) in [7, 11) is 0. The van der Waals surface area contributed by atoms with Crippen LogP contribution in [0.3, 0.4) is 0 Å². The zero-order valence-electron chi connectivity index (χ0n) is 10.1. The van der Waals surface area contributed by atoms with Crippen LogP contribution in [-0.2, 0) is 4.74 Å². The number of hydrogen-bond donors (Lipinski definition) is 3. The van der Waals surface area contributed by atoms with Crippen molar-refractivity contribution in [3.8, 4) is 0 Å². The average molecular weight is 259 g/mol. The molecule has 96 valence electrons. The number of carbonyl (C=O) groups is 1. The van der Waals surface area contributed by atoms with Crippen LogP contribution in [0.1, 0.15) is 31.1 Å². The van der Waals surface area contributed by atoms with E-state index < -0.39 is 11.5 Å². The zero-order chi connectivity index (χ0) is 13.1. The first-order chi connectivity index (χ1) is 7.91. The number of anilines is 2. The number of nitrogens with one attached hydrogen (secondary N) is 1. The number of ether oxygens (including phenoxy) is 1. The molecule has 1 aromatic rings. The molecule has 0 aliphatic heterocycles. The number of hydrogen-bond acceptors (Lipinski definition) is 7. The lowest BCUT2D eigenvalue weighted by atomic mass is 10.1. The molecule has 0 bridgehead atoms. The Bertz CT molecular complexity index is 404. The van der Waals surface area contributed by atoms with E-state index in [1.807, 2.05) is 0 Å². The van der Waals surface area contributed by atoms with Gasteiger partial charge in [-0.15, -0.1) is 0 Å². The standard InChI is InChI=1S/C10H17N3O3S/c1-4-16-9(15)6-7(11)13-17-8(6)12-10(2,3)5-14/h12,14H,4-5H2,1-3H3,(H2,11,13). The smallest absolute Gasteiger partial charge is 0.344 e. The van der Waals surface area contributed by atoms with Gasteiger partial charge in [0.1, 0.15) is 10.6 Å². The van der Waals surface area contributed by atoms with E-state index in [-0.39, 0.29) is 24.6 Å². The molecule has 0 saturated carbocycles. The minimum atomic E-state index is -0.555. The minimum Gasteiger partial charge on any atom is -0.462 e. The number of esters is 1.